The fourth-order valence-corrected chi connectivity index (χ4v) is 0.879. The zero-order chi connectivity index (χ0) is 9.78. The topological polar surface area (TPSA) is 27.0 Å². The molecule has 0 spiro atoms. The molecule has 0 aromatic heterocycles. The molecular weight excluding hydrogens is 169 g/mol. The summed E-state index contributed by atoms with van der Waals surface area (Å²) in [6.45, 7) is 0.780. The second-order valence-electron chi connectivity index (χ2n) is 2.84. The highest BCUT2D eigenvalue weighted by molar-refractivity contribution is 4.80. The van der Waals surface area contributed by atoms with E-state index in [0.717, 1.165) is 4.90 Å². The highest BCUT2D eigenvalue weighted by Gasteiger charge is 2.29. The van der Waals surface area contributed by atoms with Crippen LogP contribution in [0.5, 0.6) is 0 Å². The zero-order valence-electron chi connectivity index (χ0n) is 7.02. The third-order valence-corrected chi connectivity index (χ3v) is 1.26. The molecule has 0 aliphatic rings. The molecule has 5 heteroatoms. The standard InChI is InChI=1S/C7H11F3N2/c1-6(3-11)4-12(2)5-7(8,9)10/h6H,4-5H2,1-2H3. The molecule has 0 aliphatic carbocycles. The lowest BCUT2D eigenvalue weighted by Gasteiger charge is -2.18. The number of alkyl halides is 3. The first-order chi connectivity index (χ1) is 5.35. The van der Waals surface area contributed by atoms with Crippen molar-refractivity contribution < 1.29 is 13.2 Å². The van der Waals surface area contributed by atoms with Crippen molar-refractivity contribution in [3.8, 4) is 6.07 Å². The van der Waals surface area contributed by atoms with Gasteiger partial charge in [0.2, 0.25) is 0 Å². The van der Waals surface area contributed by atoms with Crippen molar-refractivity contribution in [1.82, 2.24) is 4.90 Å². The van der Waals surface area contributed by atoms with E-state index < -0.39 is 12.7 Å². The maximum Gasteiger partial charge on any atom is 0.401 e. The smallest absolute Gasteiger partial charge is 0.297 e. The Morgan fingerprint density at radius 2 is 2.00 bits per heavy atom. The third kappa shape index (κ3) is 5.98. The van der Waals surface area contributed by atoms with Crippen LogP contribution in [0, 0.1) is 17.2 Å². The van der Waals surface area contributed by atoms with Crippen LogP contribution in [0.1, 0.15) is 6.92 Å². The molecule has 0 fully saturated rings. The molecule has 0 bridgehead atoms. The molecule has 2 nitrogen and oxygen atoms in total. The number of nitrogens with zero attached hydrogens (tertiary/aromatic N) is 2. The molecule has 1 unspecified atom stereocenters. The fraction of sp³-hybridized carbons (Fsp3) is 0.857. The quantitative estimate of drug-likeness (QED) is 0.660. The minimum Gasteiger partial charge on any atom is -0.297 e. The van der Waals surface area contributed by atoms with Gasteiger partial charge in [0.05, 0.1) is 18.5 Å². The van der Waals surface area contributed by atoms with Gasteiger partial charge in [0.15, 0.2) is 0 Å². The first-order valence-electron chi connectivity index (χ1n) is 3.50. The van der Waals surface area contributed by atoms with Crippen molar-refractivity contribution in [2.45, 2.75) is 13.1 Å². The molecule has 12 heavy (non-hydrogen) atoms. The highest BCUT2D eigenvalue weighted by Crippen LogP contribution is 2.15. The first-order valence-corrected chi connectivity index (χ1v) is 3.50. The summed E-state index contributed by atoms with van der Waals surface area (Å²) >= 11 is 0. The summed E-state index contributed by atoms with van der Waals surface area (Å²) < 4.78 is 35.2. The second kappa shape index (κ2) is 4.31. The van der Waals surface area contributed by atoms with Gasteiger partial charge < -0.3 is 0 Å². The van der Waals surface area contributed by atoms with Crippen LogP contribution >= 0.6 is 0 Å². The average molecular weight is 180 g/mol. The van der Waals surface area contributed by atoms with Crippen molar-refractivity contribution in [3.05, 3.63) is 0 Å². The second-order valence-corrected chi connectivity index (χ2v) is 2.84. The molecule has 0 amide bonds. The van der Waals surface area contributed by atoms with Crippen LogP contribution in [0.25, 0.3) is 0 Å². The summed E-state index contributed by atoms with van der Waals surface area (Å²) in [5.41, 5.74) is 0. The lowest BCUT2D eigenvalue weighted by Crippen LogP contribution is -2.33. The molecule has 1 atom stereocenters. The van der Waals surface area contributed by atoms with E-state index in [0.29, 0.717) is 0 Å². The predicted molar refractivity (Wildman–Crippen MR) is 38.3 cm³/mol. The SMILES string of the molecule is CC(C#N)CN(C)CC(F)(F)F. The van der Waals surface area contributed by atoms with Gasteiger partial charge in [0.25, 0.3) is 0 Å². The van der Waals surface area contributed by atoms with Gasteiger partial charge in [-0.15, -0.1) is 0 Å². The maximum atomic E-state index is 11.7. The Hall–Kier alpha value is -0.760. The van der Waals surface area contributed by atoms with Crippen LogP contribution in [0.15, 0.2) is 0 Å². The Morgan fingerprint density at radius 3 is 2.33 bits per heavy atom. The molecule has 0 aromatic carbocycles. The molecule has 0 saturated carbocycles. The Bertz CT molecular complexity index is 170. The van der Waals surface area contributed by atoms with Crippen molar-refractivity contribution >= 4 is 0 Å². The van der Waals surface area contributed by atoms with Gasteiger partial charge in [-0.3, -0.25) is 4.90 Å². The Morgan fingerprint density at radius 1 is 1.50 bits per heavy atom. The summed E-state index contributed by atoms with van der Waals surface area (Å²) in [4.78, 5) is 1.09. The molecule has 0 aromatic rings. The predicted octanol–water partition coefficient (Wildman–Crippen LogP) is 1.64. The van der Waals surface area contributed by atoms with E-state index in [1.807, 2.05) is 6.07 Å². The van der Waals surface area contributed by atoms with Crippen LogP contribution in [-0.2, 0) is 0 Å². The lowest BCUT2D eigenvalue weighted by atomic mass is 10.2. The van der Waals surface area contributed by atoms with Crippen molar-refractivity contribution in [2.75, 3.05) is 20.1 Å². The van der Waals surface area contributed by atoms with E-state index in [4.69, 9.17) is 5.26 Å². The number of nitriles is 1. The molecular formula is C7H11F3N2. The van der Waals surface area contributed by atoms with Gasteiger partial charge in [0, 0.05) is 6.54 Å². The van der Waals surface area contributed by atoms with Crippen LogP contribution in [-0.4, -0.2) is 31.2 Å². The van der Waals surface area contributed by atoms with E-state index >= 15 is 0 Å². The van der Waals surface area contributed by atoms with Crippen molar-refractivity contribution in [1.29, 1.82) is 5.26 Å². The van der Waals surface area contributed by atoms with Gasteiger partial charge in [-0.25, -0.2) is 0 Å². The minimum atomic E-state index is -4.18. The van der Waals surface area contributed by atoms with E-state index in [-0.39, 0.29) is 12.5 Å². The zero-order valence-corrected chi connectivity index (χ0v) is 7.02. The van der Waals surface area contributed by atoms with Gasteiger partial charge in [-0.05, 0) is 14.0 Å². The van der Waals surface area contributed by atoms with Gasteiger partial charge in [-0.1, -0.05) is 0 Å². The molecule has 0 aliphatic heterocycles. The number of hydrogen-bond acceptors (Lipinski definition) is 2. The summed E-state index contributed by atoms with van der Waals surface area (Å²) in [7, 11) is 1.35. The van der Waals surface area contributed by atoms with Crippen molar-refractivity contribution in [3.63, 3.8) is 0 Å². The van der Waals surface area contributed by atoms with Gasteiger partial charge >= 0.3 is 6.18 Å². The maximum absolute atomic E-state index is 11.7. The third-order valence-electron chi connectivity index (χ3n) is 1.26. The van der Waals surface area contributed by atoms with E-state index in [2.05, 4.69) is 0 Å². The number of rotatable bonds is 3. The average Bonchev–Trinajstić information content (AvgIpc) is 1.82. The lowest BCUT2D eigenvalue weighted by molar-refractivity contribution is -0.143. The van der Waals surface area contributed by atoms with Crippen LogP contribution < -0.4 is 0 Å². The van der Waals surface area contributed by atoms with Crippen LogP contribution in [0.3, 0.4) is 0 Å². The normalized spacial score (nSPS) is 14.4. The molecule has 0 rings (SSSR count). The van der Waals surface area contributed by atoms with E-state index in [9.17, 15) is 13.2 Å². The van der Waals surface area contributed by atoms with E-state index in [1.165, 1.54) is 7.05 Å². The van der Waals surface area contributed by atoms with E-state index in [1.54, 1.807) is 6.92 Å². The monoisotopic (exact) mass is 180 g/mol. The van der Waals surface area contributed by atoms with Gasteiger partial charge in [0.1, 0.15) is 0 Å². The highest BCUT2D eigenvalue weighted by atomic mass is 19.4. The fourth-order valence-electron chi connectivity index (χ4n) is 0.879. The molecule has 70 valence electrons. The number of hydrogen-bond donors (Lipinski definition) is 0. The molecule has 0 N–H and O–H groups in total. The molecule has 0 radical (unpaired) electrons. The first kappa shape index (κ1) is 11.2. The Labute approximate surface area is 69.6 Å². The van der Waals surface area contributed by atoms with Crippen LogP contribution in [0.4, 0.5) is 13.2 Å². The van der Waals surface area contributed by atoms with Crippen molar-refractivity contribution in [2.24, 2.45) is 5.92 Å². The largest absolute Gasteiger partial charge is 0.401 e. The summed E-state index contributed by atoms with van der Waals surface area (Å²) in [6, 6.07) is 1.87. The Balaban J connectivity index is 3.76. The summed E-state index contributed by atoms with van der Waals surface area (Å²) in [6.07, 6.45) is -4.18. The Kier molecular flexibility index (Phi) is 4.04. The van der Waals surface area contributed by atoms with Gasteiger partial charge in [-0.2, -0.15) is 18.4 Å². The number of halogens is 3. The summed E-state index contributed by atoms with van der Waals surface area (Å²) in [5, 5.41) is 8.32. The summed E-state index contributed by atoms with van der Waals surface area (Å²) in [5.74, 6) is -0.364. The minimum absolute atomic E-state index is 0.149. The molecule has 0 saturated heterocycles. The molecule has 0 heterocycles. The van der Waals surface area contributed by atoms with Crippen LogP contribution in [0.2, 0.25) is 0 Å².